The number of carbonyl (C=O) groups excluding carboxylic acids is 1. The van der Waals surface area contributed by atoms with E-state index in [0.29, 0.717) is 19.0 Å². The third-order valence-corrected chi connectivity index (χ3v) is 6.10. The number of carbonyl (C=O) groups is 1. The van der Waals surface area contributed by atoms with Crippen molar-refractivity contribution in [3.63, 3.8) is 0 Å². The molecular weight excluding hydrogens is 436 g/mol. The zero-order chi connectivity index (χ0) is 23.4. The predicted molar refractivity (Wildman–Crippen MR) is 132 cm³/mol. The maximum absolute atomic E-state index is 12.2. The van der Waals surface area contributed by atoms with Crippen LogP contribution in [0.3, 0.4) is 0 Å². The van der Waals surface area contributed by atoms with Gasteiger partial charge in [0.1, 0.15) is 0 Å². The van der Waals surface area contributed by atoms with Gasteiger partial charge in [-0.3, -0.25) is 4.79 Å². The lowest BCUT2D eigenvalue weighted by molar-refractivity contribution is -0.122. The summed E-state index contributed by atoms with van der Waals surface area (Å²) in [6, 6.07) is 10.2. The van der Waals surface area contributed by atoms with Gasteiger partial charge in [-0.25, -0.2) is 15.0 Å². The molecule has 0 bridgehead atoms. The van der Waals surface area contributed by atoms with E-state index in [4.69, 9.17) is 4.98 Å². The minimum absolute atomic E-state index is 0.113. The molecule has 1 aliphatic carbocycles. The zero-order valence-corrected chi connectivity index (χ0v) is 19.9. The third kappa shape index (κ3) is 6.27. The van der Waals surface area contributed by atoms with Crippen molar-refractivity contribution in [1.29, 1.82) is 0 Å². The van der Waals surface area contributed by atoms with Gasteiger partial charge in [-0.2, -0.15) is 0 Å². The molecule has 0 saturated heterocycles. The van der Waals surface area contributed by atoms with Crippen LogP contribution < -0.4 is 16.0 Å². The zero-order valence-electron chi connectivity index (χ0n) is 19.1. The Morgan fingerprint density at radius 2 is 1.94 bits per heavy atom. The highest BCUT2D eigenvalue weighted by Gasteiger charge is 2.29. The Morgan fingerprint density at radius 3 is 2.67 bits per heavy atom. The molecule has 3 aromatic rings. The molecule has 8 nitrogen and oxygen atoms in total. The lowest BCUT2D eigenvalue weighted by atomic mass is 10.0. The molecule has 0 radical (unpaired) electrons. The van der Waals surface area contributed by atoms with Gasteiger partial charge >= 0.3 is 0 Å². The van der Waals surface area contributed by atoms with E-state index in [1.165, 1.54) is 11.3 Å². The van der Waals surface area contributed by atoms with Gasteiger partial charge in [0.15, 0.2) is 5.13 Å². The number of hydrogen-bond donors (Lipinski definition) is 4. The molecule has 1 unspecified atom stereocenters. The predicted octanol–water partition coefficient (Wildman–Crippen LogP) is 3.91. The first-order chi connectivity index (χ1) is 15.9. The Hall–Kier alpha value is -3.04. The van der Waals surface area contributed by atoms with Crippen LogP contribution >= 0.6 is 11.3 Å². The van der Waals surface area contributed by atoms with Crippen LogP contribution in [0.1, 0.15) is 39.2 Å². The molecular formula is C24H30N6O2S. The SMILES string of the molecule is CC(O)CNc1nc(-c2cnc(NC(C)C)s2)cc(-c2ccccc2CNC(=O)C2CC2)n1. The first-order valence-corrected chi connectivity index (χ1v) is 12.1. The fourth-order valence-electron chi connectivity index (χ4n) is 3.33. The fraction of sp³-hybridized carbons (Fsp3) is 0.417. The highest BCUT2D eigenvalue weighted by Crippen LogP contribution is 2.33. The van der Waals surface area contributed by atoms with Crippen LogP contribution in [0.15, 0.2) is 36.5 Å². The number of nitrogens with zero attached hydrogens (tertiary/aromatic N) is 3. The second-order valence-electron chi connectivity index (χ2n) is 8.67. The maximum atomic E-state index is 12.2. The summed E-state index contributed by atoms with van der Waals surface area (Å²) in [5, 5.41) is 20.0. The summed E-state index contributed by atoms with van der Waals surface area (Å²) in [7, 11) is 0. The number of hydrogen-bond acceptors (Lipinski definition) is 8. The number of thiazole rings is 1. The summed E-state index contributed by atoms with van der Waals surface area (Å²) < 4.78 is 0. The Balaban J connectivity index is 1.67. The summed E-state index contributed by atoms with van der Waals surface area (Å²) in [5.41, 5.74) is 3.42. The quantitative estimate of drug-likeness (QED) is 0.358. The van der Waals surface area contributed by atoms with Gasteiger partial charge in [-0.15, -0.1) is 0 Å². The van der Waals surface area contributed by atoms with Gasteiger partial charge in [0.25, 0.3) is 0 Å². The van der Waals surface area contributed by atoms with Crippen molar-refractivity contribution in [2.24, 2.45) is 5.92 Å². The van der Waals surface area contributed by atoms with Gasteiger partial charge in [0, 0.05) is 36.8 Å². The number of amides is 1. The van der Waals surface area contributed by atoms with E-state index < -0.39 is 6.10 Å². The van der Waals surface area contributed by atoms with Crippen LogP contribution in [-0.4, -0.2) is 44.7 Å². The molecule has 0 aliphatic heterocycles. The second kappa shape index (κ2) is 10.3. The van der Waals surface area contributed by atoms with Crippen LogP contribution in [0.5, 0.6) is 0 Å². The summed E-state index contributed by atoms with van der Waals surface area (Å²) >= 11 is 1.53. The Bertz CT molecular complexity index is 1110. The highest BCUT2D eigenvalue weighted by molar-refractivity contribution is 7.18. The van der Waals surface area contributed by atoms with Crippen molar-refractivity contribution in [3.05, 3.63) is 42.1 Å². The van der Waals surface area contributed by atoms with Crippen LogP contribution in [0, 0.1) is 5.92 Å². The second-order valence-corrected chi connectivity index (χ2v) is 9.70. The molecule has 1 atom stereocenters. The number of rotatable bonds is 10. The first-order valence-electron chi connectivity index (χ1n) is 11.3. The average molecular weight is 467 g/mol. The Kier molecular flexibility index (Phi) is 7.20. The molecule has 2 heterocycles. The van der Waals surface area contributed by atoms with Gasteiger partial charge < -0.3 is 21.1 Å². The summed E-state index contributed by atoms with van der Waals surface area (Å²) in [4.78, 5) is 26.9. The van der Waals surface area contributed by atoms with Crippen molar-refractivity contribution < 1.29 is 9.90 Å². The van der Waals surface area contributed by atoms with Gasteiger partial charge in [-0.1, -0.05) is 35.6 Å². The van der Waals surface area contributed by atoms with E-state index >= 15 is 0 Å². The van der Waals surface area contributed by atoms with Crippen molar-refractivity contribution in [3.8, 4) is 21.8 Å². The van der Waals surface area contributed by atoms with E-state index in [-0.39, 0.29) is 17.9 Å². The van der Waals surface area contributed by atoms with Gasteiger partial charge in [-0.05, 0) is 45.2 Å². The topological polar surface area (TPSA) is 112 Å². The molecule has 1 saturated carbocycles. The summed E-state index contributed by atoms with van der Waals surface area (Å²) in [5.74, 6) is 0.716. The van der Waals surface area contributed by atoms with Crippen molar-refractivity contribution in [2.75, 3.05) is 17.2 Å². The molecule has 4 rings (SSSR count). The summed E-state index contributed by atoms with van der Waals surface area (Å²) in [6.07, 6.45) is 3.23. The highest BCUT2D eigenvalue weighted by atomic mass is 32.1. The molecule has 9 heteroatoms. The lowest BCUT2D eigenvalue weighted by Crippen LogP contribution is -2.24. The third-order valence-electron chi connectivity index (χ3n) is 5.15. The number of aromatic nitrogens is 3. The largest absolute Gasteiger partial charge is 0.392 e. The standard InChI is InChI=1S/C24H30N6O2S/c1-14(2)28-24-27-13-21(33-24)20-10-19(29-23(30-20)26-11-15(3)31)18-7-5-4-6-17(18)12-25-22(32)16-8-9-16/h4-7,10,13-16,31H,8-9,11-12H2,1-3H3,(H,25,32)(H,27,28)(H,26,29,30). The molecule has 4 N–H and O–H groups in total. The van der Waals surface area contributed by atoms with Crippen molar-refractivity contribution in [2.45, 2.75) is 52.3 Å². The molecule has 1 aromatic carbocycles. The molecule has 1 fully saturated rings. The van der Waals surface area contributed by atoms with Crippen LogP contribution in [0.2, 0.25) is 0 Å². The fourth-order valence-corrected chi connectivity index (χ4v) is 4.26. The molecule has 33 heavy (non-hydrogen) atoms. The van der Waals surface area contributed by atoms with Crippen LogP contribution in [0.4, 0.5) is 11.1 Å². The summed E-state index contributed by atoms with van der Waals surface area (Å²) in [6.45, 7) is 6.64. The van der Waals surface area contributed by atoms with Gasteiger partial charge in [0.2, 0.25) is 11.9 Å². The van der Waals surface area contributed by atoms with Gasteiger partial charge in [0.05, 0.1) is 22.4 Å². The van der Waals surface area contributed by atoms with Crippen LogP contribution in [0.25, 0.3) is 21.8 Å². The van der Waals surface area contributed by atoms with E-state index in [0.717, 1.165) is 45.4 Å². The Labute approximate surface area is 197 Å². The van der Waals surface area contributed by atoms with E-state index in [9.17, 15) is 9.90 Å². The van der Waals surface area contributed by atoms with Crippen LogP contribution in [-0.2, 0) is 11.3 Å². The van der Waals surface area contributed by atoms with E-state index in [1.807, 2.05) is 36.5 Å². The number of nitrogens with one attached hydrogen (secondary N) is 3. The molecule has 1 aliphatic rings. The average Bonchev–Trinajstić information content (AvgIpc) is 3.55. The Morgan fingerprint density at radius 1 is 1.18 bits per heavy atom. The first kappa shape index (κ1) is 23.1. The minimum Gasteiger partial charge on any atom is -0.392 e. The normalized spacial score (nSPS) is 14.2. The number of benzene rings is 1. The van der Waals surface area contributed by atoms with E-state index in [2.05, 4.69) is 39.8 Å². The van der Waals surface area contributed by atoms with Crippen molar-refractivity contribution >= 4 is 28.3 Å². The number of anilines is 2. The molecule has 1 amide bonds. The van der Waals surface area contributed by atoms with Crippen molar-refractivity contribution in [1.82, 2.24) is 20.3 Å². The molecule has 174 valence electrons. The monoisotopic (exact) mass is 466 g/mol. The smallest absolute Gasteiger partial charge is 0.223 e. The number of aliphatic hydroxyl groups is 1. The minimum atomic E-state index is -0.532. The maximum Gasteiger partial charge on any atom is 0.223 e. The number of aliphatic hydroxyl groups excluding tert-OH is 1. The molecule has 0 spiro atoms. The molecule has 2 aromatic heterocycles. The van der Waals surface area contributed by atoms with E-state index in [1.54, 1.807) is 6.92 Å². The lowest BCUT2D eigenvalue weighted by Gasteiger charge is -2.13.